The van der Waals surface area contributed by atoms with Gasteiger partial charge in [-0.2, -0.15) is 0 Å². The first-order valence-electron chi connectivity index (χ1n) is 7.07. The Labute approximate surface area is 133 Å². The fourth-order valence-corrected chi connectivity index (χ4v) is 2.92. The lowest BCUT2D eigenvalue weighted by molar-refractivity contribution is -0.140. The molecule has 1 aliphatic heterocycles. The number of aliphatic carboxylic acids is 1. The number of benzene rings is 1. The van der Waals surface area contributed by atoms with Crippen LogP contribution in [0, 0.1) is 0 Å². The monoisotopic (exact) mass is 319 g/mol. The molecule has 22 heavy (non-hydrogen) atoms. The third-order valence-corrected chi connectivity index (χ3v) is 4.17. The van der Waals surface area contributed by atoms with E-state index in [0.717, 1.165) is 41.5 Å². The molecule has 0 atom stereocenters. The van der Waals surface area contributed by atoms with Crippen molar-refractivity contribution >= 4 is 35.0 Å². The van der Waals surface area contributed by atoms with E-state index in [2.05, 4.69) is 6.92 Å². The van der Waals surface area contributed by atoms with Gasteiger partial charge in [0.15, 0.2) is 0 Å². The van der Waals surface area contributed by atoms with Crippen LogP contribution in [0.5, 0.6) is 0 Å². The first kappa shape index (κ1) is 16.3. The molecule has 1 N–H and O–H groups in total. The van der Waals surface area contributed by atoms with Crippen LogP contribution in [0.3, 0.4) is 0 Å². The molecule has 5 nitrogen and oxygen atoms in total. The Hall–Kier alpha value is -2.08. The van der Waals surface area contributed by atoms with Gasteiger partial charge >= 0.3 is 5.97 Å². The summed E-state index contributed by atoms with van der Waals surface area (Å²) in [4.78, 5) is 35.3. The Bertz CT molecular complexity index is 622. The van der Waals surface area contributed by atoms with Gasteiger partial charge in [0.05, 0.1) is 4.91 Å². The zero-order valence-corrected chi connectivity index (χ0v) is 13.1. The molecule has 6 heteroatoms. The molecule has 2 rings (SSSR count). The average molecular weight is 319 g/mol. The molecule has 0 aliphatic carbocycles. The van der Waals surface area contributed by atoms with E-state index in [1.165, 1.54) is 5.56 Å². The number of carboxylic acid groups (broad SMARTS) is 1. The number of rotatable bonds is 6. The zero-order chi connectivity index (χ0) is 16.1. The number of aryl methyl sites for hydroxylation is 1. The van der Waals surface area contributed by atoms with Crippen molar-refractivity contribution in [3.8, 4) is 0 Å². The Morgan fingerprint density at radius 3 is 2.55 bits per heavy atom. The third kappa shape index (κ3) is 3.98. The van der Waals surface area contributed by atoms with Crippen LogP contribution in [0.2, 0.25) is 0 Å². The minimum absolute atomic E-state index is 0.257. The van der Waals surface area contributed by atoms with Crippen LogP contribution >= 0.6 is 11.8 Å². The summed E-state index contributed by atoms with van der Waals surface area (Å²) in [7, 11) is 0. The summed E-state index contributed by atoms with van der Waals surface area (Å²) in [5, 5.41) is 8.17. The van der Waals surface area contributed by atoms with E-state index in [4.69, 9.17) is 5.11 Å². The van der Waals surface area contributed by atoms with Crippen LogP contribution < -0.4 is 0 Å². The normalized spacial score (nSPS) is 16.6. The van der Waals surface area contributed by atoms with E-state index < -0.39 is 23.7 Å². The van der Waals surface area contributed by atoms with Gasteiger partial charge < -0.3 is 5.11 Å². The van der Waals surface area contributed by atoms with Crippen LogP contribution in [-0.4, -0.2) is 33.7 Å². The van der Waals surface area contributed by atoms with Gasteiger partial charge in [0.2, 0.25) is 0 Å². The Morgan fingerprint density at radius 1 is 1.27 bits per heavy atom. The Balaban J connectivity index is 2.11. The quantitative estimate of drug-likeness (QED) is 0.815. The predicted octanol–water partition coefficient (Wildman–Crippen LogP) is 3.15. The number of hydrogen-bond acceptors (Lipinski definition) is 4. The number of imide groups is 1. The lowest BCUT2D eigenvalue weighted by Gasteiger charge is -2.07. The number of carbonyl (C=O) groups excluding carboxylic acids is 2. The molecule has 1 saturated heterocycles. The minimum atomic E-state index is -1.20. The molecule has 0 unspecified atom stereocenters. The maximum absolute atomic E-state index is 12.0. The van der Waals surface area contributed by atoms with E-state index in [-0.39, 0.29) is 4.91 Å². The van der Waals surface area contributed by atoms with Crippen molar-refractivity contribution in [2.24, 2.45) is 0 Å². The number of hydrogen-bond donors (Lipinski definition) is 1. The summed E-state index contributed by atoms with van der Waals surface area (Å²) >= 11 is 0.772. The van der Waals surface area contributed by atoms with Crippen molar-refractivity contribution in [1.29, 1.82) is 0 Å². The highest BCUT2D eigenvalue weighted by molar-refractivity contribution is 8.18. The Kier molecular flexibility index (Phi) is 5.38. The van der Waals surface area contributed by atoms with Gasteiger partial charge in [-0.25, -0.2) is 0 Å². The molecule has 116 valence electrons. The standard InChI is InChI=1S/C16H17NO4S/c1-2-3-4-11-5-7-12(8-6-11)9-13-15(20)17(10-14(18)19)16(21)22-13/h5-9H,2-4,10H2,1H3,(H,18,19)/b13-9-. The molecule has 0 bridgehead atoms. The van der Waals surface area contributed by atoms with Gasteiger partial charge in [-0.3, -0.25) is 19.3 Å². The molecule has 1 aromatic rings. The lowest BCUT2D eigenvalue weighted by Crippen LogP contribution is -2.33. The van der Waals surface area contributed by atoms with Crippen LogP contribution in [0.4, 0.5) is 4.79 Å². The number of nitrogens with zero attached hydrogens (tertiary/aromatic N) is 1. The smallest absolute Gasteiger partial charge is 0.323 e. The minimum Gasteiger partial charge on any atom is -0.480 e. The van der Waals surface area contributed by atoms with Crippen LogP contribution in [0.1, 0.15) is 30.9 Å². The van der Waals surface area contributed by atoms with E-state index in [0.29, 0.717) is 0 Å². The highest BCUT2D eigenvalue weighted by Crippen LogP contribution is 2.31. The van der Waals surface area contributed by atoms with Gasteiger partial charge in [0.1, 0.15) is 6.54 Å². The van der Waals surface area contributed by atoms with Crippen molar-refractivity contribution in [1.82, 2.24) is 4.90 Å². The van der Waals surface area contributed by atoms with Gasteiger partial charge in [-0.15, -0.1) is 0 Å². The summed E-state index contributed by atoms with van der Waals surface area (Å²) in [5.74, 6) is -1.75. The van der Waals surface area contributed by atoms with E-state index in [9.17, 15) is 14.4 Å². The topological polar surface area (TPSA) is 74.7 Å². The van der Waals surface area contributed by atoms with Crippen molar-refractivity contribution < 1.29 is 19.5 Å². The fourth-order valence-electron chi connectivity index (χ4n) is 2.08. The van der Waals surface area contributed by atoms with E-state index in [1.54, 1.807) is 6.08 Å². The highest BCUT2D eigenvalue weighted by Gasteiger charge is 2.36. The average Bonchev–Trinajstić information content (AvgIpc) is 2.74. The molecule has 0 aromatic heterocycles. The van der Waals surface area contributed by atoms with Gasteiger partial charge in [-0.05, 0) is 41.8 Å². The lowest BCUT2D eigenvalue weighted by atomic mass is 10.1. The highest BCUT2D eigenvalue weighted by atomic mass is 32.2. The van der Waals surface area contributed by atoms with Crippen molar-refractivity contribution in [2.75, 3.05) is 6.54 Å². The van der Waals surface area contributed by atoms with E-state index >= 15 is 0 Å². The van der Waals surface area contributed by atoms with Crippen molar-refractivity contribution in [2.45, 2.75) is 26.2 Å². The van der Waals surface area contributed by atoms with Crippen molar-refractivity contribution in [3.05, 3.63) is 40.3 Å². The van der Waals surface area contributed by atoms with Gasteiger partial charge in [0.25, 0.3) is 11.1 Å². The second-order valence-corrected chi connectivity index (χ2v) is 6.00. The van der Waals surface area contributed by atoms with Crippen LogP contribution in [-0.2, 0) is 16.0 Å². The summed E-state index contributed by atoms with van der Waals surface area (Å²) in [6.45, 7) is 1.54. The van der Waals surface area contributed by atoms with Gasteiger partial charge in [-0.1, -0.05) is 37.6 Å². The first-order valence-corrected chi connectivity index (χ1v) is 7.89. The number of amides is 2. The largest absolute Gasteiger partial charge is 0.480 e. The summed E-state index contributed by atoms with van der Waals surface area (Å²) < 4.78 is 0. The molecule has 1 aliphatic rings. The second kappa shape index (κ2) is 7.26. The number of carbonyl (C=O) groups is 3. The molecule has 0 saturated carbocycles. The number of unbranched alkanes of at least 4 members (excludes halogenated alkanes) is 1. The fraction of sp³-hybridized carbons (Fsp3) is 0.312. The number of thioether (sulfide) groups is 1. The summed E-state index contributed by atoms with van der Waals surface area (Å²) in [6.07, 6.45) is 4.91. The first-order chi connectivity index (χ1) is 10.5. The molecule has 2 amide bonds. The molecule has 1 fully saturated rings. The number of carboxylic acids is 1. The second-order valence-electron chi connectivity index (χ2n) is 5.01. The SMILES string of the molecule is CCCCc1ccc(/C=C2\SC(=O)N(CC(=O)O)C2=O)cc1. The maximum Gasteiger partial charge on any atom is 0.323 e. The summed E-state index contributed by atoms with van der Waals surface area (Å²) in [5.41, 5.74) is 2.05. The molecular weight excluding hydrogens is 302 g/mol. The van der Waals surface area contributed by atoms with E-state index in [1.807, 2.05) is 24.3 Å². The zero-order valence-electron chi connectivity index (χ0n) is 12.2. The van der Waals surface area contributed by atoms with Crippen molar-refractivity contribution in [3.63, 3.8) is 0 Å². The third-order valence-electron chi connectivity index (χ3n) is 3.26. The maximum atomic E-state index is 12.0. The predicted molar refractivity (Wildman–Crippen MR) is 85.4 cm³/mol. The Morgan fingerprint density at radius 2 is 1.95 bits per heavy atom. The molecular formula is C16H17NO4S. The summed E-state index contributed by atoms with van der Waals surface area (Å²) in [6, 6.07) is 7.80. The van der Waals surface area contributed by atoms with Crippen LogP contribution in [0.25, 0.3) is 6.08 Å². The molecule has 1 heterocycles. The molecule has 1 aromatic carbocycles. The van der Waals surface area contributed by atoms with Crippen LogP contribution in [0.15, 0.2) is 29.2 Å². The molecule has 0 spiro atoms. The molecule has 0 radical (unpaired) electrons. The van der Waals surface area contributed by atoms with Gasteiger partial charge in [0, 0.05) is 0 Å².